The molecule has 0 saturated carbocycles. The fourth-order valence-electron chi connectivity index (χ4n) is 4.90. The van der Waals surface area contributed by atoms with Gasteiger partial charge >= 0.3 is 0 Å². The summed E-state index contributed by atoms with van der Waals surface area (Å²) in [7, 11) is 1.42. The average molecular weight is 454 g/mol. The van der Waals surface area contributed by atoms with E-state index < -0.39 is 17.7 Å². The van der Waals surface area contributed by atoms with E-state index in [0.717, 1.165) is 20.9 Å². The minimum Gasteiger partial charge on any atom is -0.507 e. The van der Waals surface area contributed by atoms with Crippen molar-refractivity contribution in [3.05, 3.63) is 80.9 Å². The summed E-state index contributed by atoms with van der Waals surface area (Å²) in [6.07, 6.45) is 0. The summed E-state index contributed by atoms with van der Waals surface area (Å²) in [4.78, 5) is 54.1. The summed E-state index contributed by atoms with van der Waals surface area (Å²) in [5.74, 6) is -1.69. The van der Waals surface area contributed by atoms with Crippen LogP contribution in [0.1, 0.15) is 63.7 Å². The van der Waals surface area contributed by atoms with Crippen molar-refractivity contribution in [1.29, 1.82) is 0 Å². The highest BCUT2D eigenvalue weighted by Gasteiger charge is 2.41. The minimum absolute atomic E-state index is 0.0563. The normalized spacial score (nSPS) is 14.9. The third-order valence-electron chi connectivity index (χ3n) is 7.09. The van der Waals surface area contributed by atoms with Crippen molar-refractivity contribution in [3.8, 4) is 16.9 Å². The van der Waals surface area contributed by atoms with Gasteiger partial charge in [-0.2, -0.15) is 0 Å². The molecule has 1 N–H and O–H groups in total. The Bertz CT molecular complexity index is 1470. The van der Waals surface area contributed by atoms with E-state index >= 15 is 0 Å². The predicted octanol–water partition coefficient (Wildman–Crippen LogP) is 4.32. The molecule has 3 aromatic rings. The van der Waals surface area contributed by atoms with Gasteiger partial charge < -0.3 is 5.11 Å². The molecule has 7 heteroatoms. The van der Waals surface area contributed by atoms with E-state index in [-0.39, 0.29) is 28.3 Å². The monoisotopic (exact) mass is 454 g/mol. The molecular weight excluding hydrogens is 432 g/mol. The lowest BCUT2D eigenvalue weighted by Gasteiger charge is -2.23. The van der Waals surface area contributed by atoms with E-state index in [9.17, 15) is 24.3 Å². The van der Waals surface area contributed by atoms with Crippen LogP contribution in [-0.4, -0.2) is 40.7 Å². The summed E-state index contributed by atoms with van der Waals surface area (Å²) in [6, 6.07) is 9.85. The summed E-state index contributed by atoms with van der Waals surface area (Å²) in [5, 5.41) is 10.6. The SMILES string of the molecule is Cc1c(C)c(O)c(C)c(N2C(=O)c3cccc(-c4ccc5c(c4)C(=O)N(C)C5=O)c3C2=O)c1C. The van der Waals surface area contributed by atoms with Crippen LogP contribution in [0.25, 0.3) is 11.1 Å². The lowest BCUT2D eigenvalue weighted by Crippen LogP contribution is -2.31. The fraction of sp³-hybridized carbons (Fsp3) is 0.185. The van der Waals surface area contributed by atoms with E-state index in [1.54, 1.807) is 50.2 Å². The average Bonchev–Trinajstić information content (AvgIpc) is 3.21. The van der Waals surface area contributed by atoms with Crippen molar-refractivity contribution in [2.45, 2.75) is 27.7 Å². The van der Waals surface area contributed by atoms with Crippen molar-refractivity contribution in [2.75, 3.05) is 11.9 Å². The maximum atomic E-state index is 13.7. The van der Waals surface area contributed by atoms with Crippen LogP contribution in [0.15, 0.2) is 36.4 Å². The summed E-state index contributed by atoms with van der Waals surface area (Å²) >= 11 is 0. The molecule has 0 atom stereocenters. The zero-order valence-electron chi connectivity index (χ0n) is 19.4. The zero-order chi connectivity index (χ0) is 24.6. The number of carbonyl (C=O) groups is 4. The number of benzene rings is 3. The topological polar surface area (TPSA) is 95.0 Å². The number of nitrogens with zero attached hydrogens (tertiary/aromatic N) is 2. The van der Waals surface area contributed by atoms with Gasteiger partial charge in [0.05, 0.1) is 27.9 Å². The van der Waals surface area contributed by atoms with E-state index in [4.69, 9.17) is 0 Å². The molecule has 3 aromatic carbocycles. The van der Waals surface area contributed by atoms with Crippen LogP contribution < -0.4 is 4.90 Å². The van der Waals surface area contributed by atoms with Gasteiger partial charge in [0.15, 0.2) is 0 Å². The second-order valence-electron chi connectivity index (χ2n) is 8.80. The summed E-state index contributed by atoms with van der Waals surface area (Å²) in [5.41, 5.74) is 5.22. The van der Waals surface area contributed by atoms with Crippen molar-refractivity contribution >= 4 is 29.3 Å². The van der Waals surface area contributed by atoms with Gasteiger partial charge in [-0.05, 0) is 73.7 Å². The summed E-state index contributed by atoms with van der Waals surface area (Å²) < 4.78 is 0. The van der Waals surface area contributed by atoms with Gasteiger partial charge in [0.2, 0.25) is 0 Å². The third-order valence-corrected chi connectivity index (χ3v) is 7.09. The van der Waals surface area contributed by atoms with Crippen molar-refractivity contribution in [1.82, 2.24) is 4.90 Å². The number of fused-ring (bicyclic) bond motifs is 2. The van der Waals surface area contributed by atoms with Crippen molar-refractivity contribution in [3.63, 3.8) is 0 Å². The largest absolute Gasteiger partial charge is 0.507 e. The van der Waals surface area contributed by atoms with Crippen LogP contribution in [-0.2, 0) is 0 Å². The molecule has 4 amide bonds. The van der Waals surface area contributed by atoms with Crippen LogP contribution in [0.4, 0.5) is 5.69 Å². The number of imide groups is 2. The Balaban J connectivity index is 1.69. The van der Waals surface area contributed by atoms with Gasteiger partial charge in [0, 0.05) is 12.6 Å². The van der Waals surface area contributed by atoms with Crippen LogP contribution in [0.2, 0.25) is 0 Å². The molecular formula is C27H22N2O5. The highest BCUT2D eigenvalue weighted by atomic mass is 16.3. The second-order valence-corrected chi connectivity index (χ2v) is 8.80. The van der Waals surface area contributed by atoms with Crippen LogP contribution >= 0.6 is 0 Å². The van der Waals surface area contributed by atoms with Crippen molar-refractivity contribution < 1.29 is 24.3 Å². The molecule has 0 spiro atoms. The van der Waals surface area contributed by atoms with Crippen LogP contribution in [0.5, 0.6) is 5.75 Å². The first-order chi connectivity index (χ1) is 16.1. The molecule has 0 aromatic heterocycles. The lowest BCUT2D eigenvalue weighted by molar-refractivity contribution is 0.0692. The number of hydrogen-bond donors (Lipinski definition) is 1. The molecule has 7 nitrogen and oxygen atoms in total. The molecule has 0 aliphatic carbocycles. The van der Waals surface area contributed by atoms with Gasteiger partial charge in [-0.1, -0.05) is 18.2 Å². The van der Waals surface area contributed by atoms with E-state index in [2.05, 4.69) is 0 Å². The number of anilines is 1. The number of carbonyl (C=O) groups excluding carboxylic acids is 4. The lowest BCUT2D eigenvalue weighted by atomic mass is 9.94. The number of phenolic OH excluding ortho intramolecular Hbond substituents is 1. The molecule has 0 radical (unpaired) electrons. The first-order valence-corrected chi connectivity index (χ1v) is 10.8. The van der Waals surface area contributed by atoms with E-state index in [1.165, 1.54) is 7.05 Å². The number of rotatable bonds is 2. The first kappa shape index (κ1) is 21.6. The standard InChI is InChI=1S/C27H22N2O5/c1-12-13(2)22(15(4)23(30)14(12)3)29-26(33)19-8-6-7-17(21(19)27(29)34)16-9-10-18-20(11-16)25(32)28(5)24(18)31/h6-11,30H,1-5H3. The predicted molar refractivity (Wildman–Crippen MR) is 126 cm³/mol. The highest BCUT2D eigenvalue weighted by molar-refractivity contribution is 6.36. The van der Waals surface area contributed by atoms with Crippen LogP contribution in [0, 0.1) is 27.7 Å². The molecule has 34 heavy (non-hydrogen) atoms. The molecule has 0 bridgehead atoms. The number of phenols is 1. The number of hydrogen-bond acceptors (Lipinski definition) is 5. The zero-order valence-corrected chi connectivity index (χ0v) is 19.4. The van der Waals surface area contributed by atoms with Crippen LogP contribution in [0.3, 0.4) is 0 Å². The van der Waals surface area contributed by atoms with Gasteiger partial charge in [0.1, 0.15) is 5.75 Å². The Morgan fingerprint density at radius 2 is 1.29 bits per heavy atom. The van der Waals surface area contributed by atoms with Gasteiger partial charge in [-0.15, -0.1) is 0 Å². The number of aromatic hydroxyl groups is 1. The highest BCUT2D eigenvalue weighted by Crippen LogP contribution is 2.42. The Kier molecular flexibility index (Phi) is 4.52. The Labute approximate surface area is 196 Å². The second kappa shape index (κ2) is 7.12. The molecule has 2 heterocycles. The van der Waals surface area contributed by atoms with E-state index in [0.29, 0.717) is 33.5 Å². The molecule has 0 saturated heterocycles. The Morgan fingerprint density at radius 3 is 2.00 bits per heavy atom. The van der Waals surface area contributed by atoms with E-state index in [1.807, 2.05) is 13.8 Å². The van der Waals surface area contributed by atoms with Crippen molar-refractivity contribution in [2.24, 2.45) is 0 Å². The molecule has 2 aliphatic rings. The molecule has 170 valence electrons. The van der Waals surface area contributed by atoms with Gasteiger partial charge in [-0.25, -0.2) is 4.90 Å². The Hall–Kier alpha value is -4.26. The molecule has 0 fully saturated rings. The Morgan fingerprint density at radius 1 is 0.647 bits per heavy atom. The van der Waals surface area contributed by atoms with Gasteiger partial charge in [0.25, 0.3) is 23.6 Å². The molecule has 0 unspecified atom stereocenters. The maximum absolute atomic E-state index is 13.7. The molecule has 2 aliphatic heterocycles. The number of amides is 4. The third kappa shape index (κ3) is 2.64. The quantitative estimate of drug-likeness (QED) is 0.582. The first-order valence-electron chi connectivity index (χ1n) is 10.8. The smallest absolute Gasteiger partial charge is 0.266 e. The molecule has 5 rings (SSSR count). The van der Waals surface area contributed by atoms with Gasteiger partial charge in [-0.3, -0.25) is 24.1 Å². The fourth-order valence-corrected chi connectivity index (χ4v) is 4.90. The minimum atomic E-state index is -0.496. The summed E-state index contributed by atoms with van der Waals surface area (Å²) in [6.45, 7) is 7.16. The maximum Gasteiger partial charge on any atom is 0.266 e.